The van der Waals surface area contributed by atoms with Crippen LogP contribution in [0.2, 0.25) is 0 Å². The van der Waals surface area contributed by atoms with E-state index in [1.54, 1.807) is 37.3 Å². The van der Waals surface area contributed by atoms with Gasteiger partial charge in [0.2, 0.25) is 0 Å². The van der Waals surface area contributed by atoms with Crippen molar-refractivity contribution in [3.63, 3.8) is 0 Å². The molecule has 0 heterocycles. The summed E-state index contributed by atoms with van der Waals surface area (Å²) in [7, 11) is 0. The molecule has 3 aromatic rings. The summed E-state index contributed by atoms with van der Waals surface area (Å²) in [4.78, 5) is 11.8. The molecular weight excluding hydrogens is 397 g/mol. The first kappa shape index (κ1) is 22.2. The van der Waals surface area contributed by atoms with Crippen LogP contribution in [0.4, 0.5) is 10.1 Å². The summed E-state index contributed by atoms with van der Waals surface area (Å²) in [6.07, 6.45) is 0. The normalized spacial score (nSPS) is 10.4. The molecule has 3 rings (SSSR count). The number of halogens is 1. The van der Waals surface area contributed by atoms with E-state index in [2.05, 4.69) is 5.32 Å². The lowest BCUT2D eigenvalue weighted by Gasteiger charge is -2.17. The number of para-hydroxylation sites is 1. The topological polar surface area (TPSA) is 56.8 Å². The third-order valence-electron chi connectivity index (χ3n) is 4.57. The van der Waals surface area contributed by atoms with Crippen LogP contribution in [0.15, 0.2) is 66.7 Å². The van der Waals surface area contributed by atoms with Gasteiger partial charge >= 0.3 is 5.97 Å². The lowest BCUT2D eigenvalue weighted by molar-refractivity contribution is 0.0526. The van der Waals surface area contributed by atoms with E-state index in [0.29, 0.717) is 42.4 Å². The lowest BCUT2D eigenvalue weighted by atomic mass is 10.1. The molecule has 6 heteroatoms. The second kappa shape index (κ2) is 11.0. The van der Waals surface area contributed by atoms with Gasteiger partial charge in [-0.05, 0) is 50.2 Å². The number of hydrogen-bond acceptors (Lipinski definition) is 5. The van der Waals surface area contributed by atoms with Crippen LogP contribution >= 0.6 is 0 Å². The van der Waals surface area contributed by atoms with Gasteiger partial charge in [0.1, 0.15) is 12.4 Å². The van der Waals surface area contributed by atoms with Crippen LogP contribution in [0.25, 0.3) is 0 Å². The van der Waals surface area contributed by atoms with Crippen LogP contribution in [-0.4, -0.2) is 19.2 Å². The standard InChI is InChI=1S/C25H26FNO4/c1-3-29-23-11-7-9-19(24(23)31-17-20-8-5-6-10-22(20)26)16-27-21-14-12-18(13-15-21)25(28)30-4-2/h5-15,27H,3-4,16-17H2,1-2H3. The van der Waals surface area contributed by atoms with Crippen molar-refractivity contribution >= 4 is 11.7 Å². The molecule has 0 spiro atoms. The monoisotopic (exact) mass is 423 g/mol. The molecule has 0 amide bonds. The highest BCUT2D eigenvalue weighted by Crippen LogP contribution is 2.33. The maximum Gasteiger partial charge on any atom is 0.338 e. The quantitative estimate of drug-likeness (QED) is 0.431. The van der Waals surface area contributed by atoms with Gasteiger partial charge in [0.05, 0.1) is 18.8 Å². The van der Waals surface area contributed by atoms with Crippen molar-refractivity contribution in [1.82, 2.24) is 0 Å². The number of rotatable bonds is 10. The maximum absolute atomic E-state index is 14.0. The van der Waals surface area contributed by atoms with Gasteiger partial charge in [-0.15, -0.1) is 0 Å². The number of hydrogen-bond donors (Lipinski definition) is 1. The summed E-state index contributed by atoms with van der Waals surface area (Å²) in [5, 5.41) is 3.32. The predicted molar refractivity (Wildman–Crippen MR) is 118 cm³/mol. The number of benzene rings is 3. The van der Waals surface area contributed by atoms with Crippen molar-refractivity contribution in [3.8, 4) is 11.5 Å². The fraction of sp³-hybridized carbons (Fsp3) is 0.240. The highest BCUT2D eigenvalue weighted by atomic mass is 19.1. The Labute approximate surface area is 181 Å². The van der Waals surface area contributed by atoms with Crippen molar-refractivity contribution in [1.29, 1.82) is 0 Å². The van der Waals surface area contributed by atoms with Gasteiger partial charge in [-0.25, -0.2) is 9.18 Å². The first-order chi connectivity index (χ1) is 15.1. The van der Waals surface area contributed by atoms with Gasteiger partial charge in [0.25, 0.3) is 0 Å². The molecule has 0 unspecified atom stereocenters. The minimum Gasteiger partial charge on any atom is -0.490 e. The number of carbonyl (C=O) groups is 1. The zero-order valence-corrected chi connectivity index (χ0v) is 17.7. The number of nitrogens with one attached hydrogen (secondary N) is 1. The number of anilines is 1. The molecular formula is C25H26FNO4. The Kier molecular flexibility index (Phi) is 7.87. The van der Waals surface area contributed by atoms with Crippen molar-refractivity contribution in [2.45, 2.75) is 27.0 Å². The molecule has 0 aliphatic heterocycles. The molecule has 3 aromatic carbocycles. The Morgan fingerprint density at radius 3 is 2.32 bits per heavy atom. The number of esters is 1. The van der Waals surface area contributed by atoms with Crippen molar-refractivity contribution in [2.24, 2.45) is 0 Å². The third kappa shape index (κ3) is 5.98. The van der Waals surface area contributed by atoms with E-state index in [0.717, 1.165) is 11.3 Å². The van der Waals surface area contributed by atoms with E-state index in [-0.39, 0.29) is 18.4 Å². The Bertz CT molecular complexity index is 1000. The second-order valence-corrected chi connectivity index (χ2v) is 6.71. The fourth-order valence-electron chi connectivity index (χ4n) is 3.03. The van der Waals surface area contributed by atoms with Crippen LogP contribution in [0.3, 0.4) is 0 Å². The van der Waals surface area contributed by atoms with Crippen molar-refractivity contribution < 1.29 is 23.4 Å². The minimum atomic E-state index is -0.345. The van der Waals surface area contributed by atoms with Gasteiger partial charge in [0.15, 0.2) is 11.5 Å². The van der Waals surface area contributed by atoms with Crippen LogP contribution in [0.5, 0.6) is 11.5 Å². The molecule has 0 bridgehead atoms. The molecule has 0 radical (unpaired) electrons. The van der Waals surface area contributed by atoms with Crippen molar-refractivity contribution in [3.05, 3.63) is 89.2 Å². The van der Waals surface area contributed by atoms with Gasteiger partial charge < -0.3 is 19.5 Å². The zero-order chi connectivity index (χ0) is 22.1. The van der Waals surface area contributed by atoms with Crippen LogP contribution in [-0.2, 0) is 17.9 Å². The van der Waals surface area contributed by atoms with E-state index in [9.17, 15) is 9.18 Å². The van der Waals surface area contributed by atoms with E-state index >= 15 is 0 Å². The fourth-order valence-corrected chi connectivity index (χ4v) is 3.03. The Morgan fingerprint density at radius 2 is 1.61 bits per heavy atom. The molecule has 0 saturated heterocycles. The predicted octanol–water partition coefficient (Wildman–Crippen LogP) is 5.59. The molecule has 5 nitrogen and oxygen atoms in total. The van der Waals surface area contributed by atoms with Gasteiger partial charge in [-0.1, -0.05) is 30.3 Å². The molecule has 31 heavy (non-hydrogen) atoms. The van der Waals surface area contributed by atoms with E-state index in [4.69, 9.17) is 14.2 Å². The molecule has 0 fully saturated rings. The van der Waals surface area contributed by atoms with Crippen LogP contribution in [0, 0.1) is 5.82 Å². The smallest absolute Gasteiger partial charge is 0.338 e. The summed E-state index contributed by atoms with van der Waals surface area (Å²) in [6, 6.07) is 19.3. The molecule has 0 aliphatic rings. The maximum atomic E-state index is 14.0. The largest absolute Gasteiger partial charge is 0.490 e. The molecule has 0 aromatic heterocycles. The lowest BCUT2D eigenvalue weighted by Crippen LogP contribution is -2.07. The summed E-state index contributed by atoms with van der Waals surface area (Å²) in [5.74, 6) is 0.527. The summed E-state index contributed by atoms with van der Waals surface area (Å²) < 4.78 is 30.7. The van der Waals surface area contributed by atoms with Crippen LogP contribution < -0.4 is 14.8 Å². The van der Waals surface area contributed by atoms with Crippen LogP contribution in [0.1, 0.15) is 35.3 Å². The zero-order valence-electron chi connectivity index (χ0n) is 17.7. The molecule has 0 saturated carbocycles. The average molecular weight is 423 g/mol. The molecule has 0 atom stereocenters. The highest BCUT2D eigenvalue weighted by molar-refractivity contribution is 5.89. The Morgan fingerprint density at radius 1 is 0.871 bits per heavy atom. The Balaban J connectivity index is 1.73. The number of carbonyl (C=O) groups excluding carboxylic acids is 1. The first-order valence-electron chi connectivity index (χ1n) is 10.2. The SMILES string of the molecule is CCOC(=O)c1ccc(NCc2cccc(OCC)c2OCc2ccccc2F)cc1. The highest BCUT2D eigenvalue weighted by Gasteiger charge is 2.13. The summed E-state index contributed by atoms with van der Waals surface area (Å²) in [6.45, 7) is 5.06. The Hall–Kier alpha value is -3.54. The van der Waals surface area contributed by atoms with Gasteiger partial charge in [0, 0.05) is 23.4 Å². The molecule has 0 aliphatic carbocycles. The average Bonchev–Trinajstić information content (AvgIpc) is 2.78. The van der Waals surface area contributed by atoms with Gasteiger partial charge in [-0.3, -0.25) is 0 Å². The number of ether oxygens (including phenoxy) is 3. The van der Waals surface area contributed by atoms with Gasteiger partial charge in [-0.2, -0.15) is 0 Å². The molecule has 162 valence electrons. The first-order valence-corrected chi connectivity index (χ1v) is 10.2. The molecule has 1 N–H and O–H groups in total. The summed E-state index contributed by atoms with van der Waals surface area (Å²) >= 11 is 0. The van der Waals surface area contributed by atoms with E-state index < -0.39 is 0 Å². The van der Waals surface area contributed by atoms with E-state index in [1.807, 2.05) is 37.3 Å². The van der Waals surface area contributed by atoms with Crippen molar-refractivity contribution in [2.75, 3.05) is 18.5 Å². The minimum absolute atomic E-state index is 0.0952. The second-order valence-electron chi connectivity index (χ2n) is 6.71. The summed E-state index contributed by atoms with van der Waals surface area (Å²) in [5.41, 5.74) is 2.69. The van der Waals surface area contributed by atoms with E-state index in [1.165, 1.54) is 6.07 Å². The third-order valence-corrected chi connectivity index (χ3v) is 4.57.